The van der Waals surface area contributed by atoms with E-state index in [1.807, 2.05) is 0 Å². The molecule has 0 fully saturated rings. The van der Waals surface area contributed by atoms with Crippen molar-refractivity contribution < 1.29 is 33.6 Å². The Balaban J connectivity index is 6.56. The van der Waals surface area contributed by atoms with Crippen LogP contribution in [0.25, 0.3) is 0 Å². The van der Waals surface area contributed by atoms with Crippen LogP contribution in [0.3, 0.4) is 0 Å². The molecule has 7 amide bonds. The highest BCUT2D eigenvalue weighted by Crippen LogP contribution is 2.17. The van der Waals surface area contributed by atoms with Gasteiger partial charge in [-0.15, -0.1) is 0 Å². The van der Waals surface area contributed by atoms with Crippen molar-refractivity contribution in [2.75, 3.05) is 6.54 Å². The zero-order valence-corrected chi connectivity index (χ0v) is 65.5. The van der Waals surface area contributed by atoms with Gasteiger partial charge in [-0.25, -0.2) is 26.7 Å². The molecule has 15 N–H and O–H groups in total. The summed E-state index contributed by atoms with van der Waals surface area (Å²) in [6.07, 6.45) is 61.8. The molecule has 4 atom stereocenters. The molecule has 0 unspecified atom stereocenters. The Morgan fingerprint density at radius 2 is 0.553 bits per heavy atom. The SMILES string of the molecule is CCCCCCCCCCCCC/C=N/NC(=O)CC[C@H](NC(=O)CC[C@H](NC(=O)[C@H](CCCCN=C(N)N)N=C(N)N)C(=O)N[C@@H](CCC(=O)N/N=C/CCCCCCCCCCCCC)C(=O)N/N=C/CCCCCCCCCCCCC)C(=O)N/N=C/CCCCCCCCCCCCC. The molecule has 0 radical (unpaired) electrons. The first-order valence-electron chi connectivity index (χ1n) is 41.5. The third kappa shape index (κ3) is 66.0. The van der Waals surface area contributed by atoms with Gasteiger partial charge in [-0.3, -0.25) is 38.6 Å². The van der Waals surface area contributed by atoms with Gasteiger partial charge in [0.2, 0.25) is 29.5 Å². The number of nitrogens with two attached hydrogens (primary N) is 4. The largest absolute Gasteiger partial charge is 0.370 e. The Bertz CT molecular complexity index is 2290. The molecule has 0 aliphatic carbocycles. The van der Waals surface area contributed by atoms with Gasteiger partial charge in [-0.05, 0) is 89.9 Å². The summed E-state index contributed by atoms with van der Waals surface area (Å²) in [5, 5.41) is 24.8. The Kier molecular flexibility index (Phi) is 69.2. The number of hydrogen-bond donors (Lipinski definition) is 11. The van der Waals surface area contributed by atoms with Crippen molar-refractivity contribution in [1.29, 1.82) is 0 Å². The monoisotopic (exact) mass is 1450 g/mol. The summed E-state index contributed by atoms with van der Waals surface area (Å²) < 4.78 is 0. The van der Waals surface area contributed by atoms with E-state index in [1.54, 1.807) is 24.9 Å². The second-order valence-corrected chi connectivity index (χ2v) is 28.3. The second kappa shape index (κ2) is 73.8. The number of hydrogen-bond acceptors (Lipinski definition) is 13. The third-order valence-corrected chi connectivity index (χ3v) is 18.5. The summed E-state index contributed by atoms with van der Waals surface area (Å²) >= 11 is 0. The summed E-state index contributed by atoms with van der Waals surface area (Å²) in [5.41, 5.74) is 32.9. The molecule has 0 aromatic heterocycles. The van der Waals surface area contributed by atoms with Gasteiger partial charge >= 0.3 is 0 Å². The number of aliphatic imine (C=N–C) groups is 2. The number of amides is 7. The van der Waals surface area contributed by atoms with Crippen LogP contribution < -0.4 is 60.6 Å². The highest BCUT2D eigenvalue weighted by atomic mass is 16.2. The Labute approximate surface area is 624 Å². The molecule has 24 heteroatoms. The standard InChI is InChI=1S/C79H151N17O7/c1-5-9-13-17-21-25-29-33-37-41-45-50-63-85-93-72(98)60-57-69(76(102)95-87-65-52-47-43-39-35-31-27-23-19-15-11-7-3)89-71(97)59-56-68(90-74(100)67(92-79(82)83)55-49-54-62-84-78(80)81)75(101)91-70(77(103)96-88-66-53-48-44-40-36-32-28-24-20-16-12-8-4)58-61-73(99)94-86-64-51-46-42-38-34-30-26-22-18-14-10-6-2/h63-70H,5-62H2,1-4H3,(H,89,97)(H,90,100)(H,91,101)(H,93,98)(H,94,99)(H,95,102)(H,96,103)(H4,80,81,84)(H4,82,83,92)/b85-63+,86-64+,87-65+,88-66+/t67-,68-,69-,70-/m0/s1. The fraction of sp³-hybridized carbons (Fsp3) is 0.835. The van der Waals surface area contributed by atoms with Gasteiger partial charge in [-0.1, -0.05) is 285 Å². The van der Waals surface area contributed by atoms with Crippen LogP contribution in [0.1, 0.15) is 394 Å². The van der Waals surface area contributed by atoms with Crippen LogP contribution in [0.15, 0.2) is 30.4 Å². The van der Waals surface area contributed by atoms with Crippen LogP contribution in [-0.4, -0.2) is 109 Å². The molecule has 0 aliphatic rings. The number of rotatable bonds is 74. The number of hydrazone groups is 4. The van der Waals surface area contributed by atoms with Gasteiger partial charge in [0, 0.05) is 50.7 Å². The molecule has 0 aromatic rings. The van der Waals surface area contributed by atoms with Crippen molar-refractivity contribution in [2.45, 2.75) is 418 Å². The molecule has 0 rings (SSSR count). The average molecular weight is 1450 g/mol. The maximum absolute atomic E-state index is 14.7. The fourth-order valence-electron chi connectivity index (χ4n) is 12.1. The minimum absolute atomic E-state index is 0.0879. The summed E-state index contributed by atoms with van der Waals surface area (Å²) in [5.74, 6) is -5.11. The number of carbonyl (C=O) groups is 7. The second-order valence-electron chi connectivity index (χ2n) is 28.3. The van der Waals surface area contributed by atoms with E-state index < -0.39 is 71.9 Å². The van der Waals surface area contributed by atoms with E-state index in [2.05, 4.69) is 95.7 Å². The molecular weight excluding hydrogens is 1300 g/mol. The smallest absolute Gasteiger partial charge is 0.262 e. The first-order chi connectivity index (χ1) is 50.2. The van der Waals surface area contributed by atoms with Crippen LogP contribution in [0.5, 0.6) is 0 Å². The lowest BCUT2D eigenvalue weighted by Gasteiger charge is -2.24. The molecule has 0 spiro atoms. The maximum atomic E-state index is 14.7. The van der Waals surface area contributed by atoms with Crippen LogP contribution >= 0.6 is 0 Å². The lowest BCUT2D eigenvalue weighted by atomic mass is 10.0. The van der Waals surface area contributed by atoms with E-state index in [0.717, 1.165) is 77.0 Å². The van der Waals surface area contributed by atoms with E-state index in [-0.39, 0.29) is 57.0 Å². The fourth-order valence-corrected chi connectivity index (χ4v) is 12.1. The predicted octanol–water partition coefficient (Wildman–Crippen LogP) is 15.1. The van der Waals surface area contributed by atoms with Crippen LogP contribution in [0.2, 0.25) is 0 Å². The molecule has 0 aromatic carbocycles. The van der Waals surface area contributed by atoms with Crippen LogP contribution in [0, 0.1) is 0 Å². The lowest BCUT2D eigenvalue weighted by Crippen LogP contribution is -2.55. The van der Waals surface area contributed by atoms with Gasteiger partial charge in [0.05, 0.1) is 0 Å². The van der Waals surface area contributed by atoms with Gasteiger partial charge in [0.1, 0.15) is 24.2 Å². The quantitative estimate of drug-likeness (QED) is 0.0118. The van der Waals surface area contributed by atoms with Crippen molar-refractivity contribution in [2.24, 2.45) is 53.3 Å². The number of nitrogens with zero attached hydrogens (tertiary/aromatic N) is 6. The minimum Gasteiger partial charge on any atom is -0.370 e. The minimum atomic E-state index is -1.49. The summed E-state index contributed by atoms with van der Waals surface area (Å²) in [6, 6.07) is -5.27. The number of unbranched alkanes of at least 4 members (excludes halogenated alkanes) is 45. The van der Waals surface area contributed by atoms with E-state index in [9.17, 15) is 33.6 Å². The number of carbonyl (C=O) groups excluding carboxylic acids is 7. The first-order valence-corrected chi connectivity index (χ1v) is 41.5. The van der Waals surface area contributed by atoms with Crippen LogP contribution in [-0.2, 0) is 33.6 Å². The molecule has 0 heterocycles. The molecular formula is C79H151N17O7. The summed E-state index contributed by atoms with van der Waals surface area (Å²) in [4.78, 5) is 106. The average Bonchev–Trinajstić information content (AvgIpc) is 0.878. The molecule has 24 nitrogen and oxygen atoms in total. The Morgan fingerprint density at radius 1 is 0.282 bits per heavy atom. The zero-order valence-electron chi connectivity index (χ0n) is 65.5. The third-order valence-electron chi connectivity index (χ3n) is 18.5. The summed E-state index contributed by atoms with van der Waals surface area (Å²) in [7, 11) is 0. The van der Waals surface area contributed by atoms with Gasteiger partial charge in [0.25, 0.3) is 11.8 Å². The molecule has 0 bridgehead atoms. The van der Waals surface area contributed by atoms with Crippen molar-refractivity contribution in [1.82, 2.24) is 37.7 Å². The molecule has 594 valence electrons. The molecule has 0 aliphatic heterocycles. The molecule has 0 saturated heterocycles. The van der Waals surface area contributed by atoms with Gasteiger partial charge < -0.3 is 38.9 Å². The topological polar surface area (TPSA) is 382 Å². The van der Waals surface area contributed by atoms with Crippen LogP contribution in [0.4, 0.5) is 0 Å². The summed E-state index contributed by atoms with van der Waals surface area (Å²) in [6.45, 7) is 9.20. The Morgan fingerprint density at radius 3 is 0.864 bits per heavy atom. The number of guanidine groups is 2. The van der Waals surface area contributed by atoms with Crippen molar-refractivity contribution >= 4 is 78.1 Å². The normalized spacial score (nSPS) is 12.7. The Hall–Kier alpha value is -6.49. The van der Waals surface area contributed by atoms with Crippen molar-refractivity contribution in [3.63, 3.8) is 0 Å². The lowest BCUT2D eigenvalue weighted by molar-refractivity contribution is -0.133. The van der Waals surface area contributed by atoms with Crippen molar-refractivity contribution in [3.05, 3.63) is 0 Å². The van der Waals surface area contributed by atoms with E-state index >= 15 is 0 Å². The molecule has 0 saturated carbocycles. The predicted molar refractivity (Wildman–Crippen MR) is 428 cm³/mol. The van der Waals surface area contributed by atoms with E-state index in [0.29, 0.717) is 38.5 Å². The molecule has 103 heavy (non-hydrogen) atoms. The highest BCUT2D eigenvalue weighted by Gasteiger charge is 2.31. The van der Waals surface area contributed by atoms with Crippen molar-refractivity contribution in [3.8, 4) is 0 Å². The highest BCUT2D eigenvalue weighted by molar-refractivity contribution is 5.95. The zero-order chi connectivity index (χ0) is 75.5. The number of nitrogens with one attached hydrogen (secondary N) is 7. The van der Waals surface area contributed by atoms with Gasteiger partial charge in [0.15, 0.2) is 11.9 Å². The van der Waals surface area contributed by atoms with Gasteiger partial charge in [-0.2, -0.15) is 20.4 Å². The van der Waals surface area contributed by atoms with E-state index in [1.165, 1.54) is 205 Å². The maximum Gasteiger partial charge on any atom is 0.262 e. The van der Waals surface area contributed by atoms with E-state index in [4.69, 9.17) is 22.9 Å². The first kappa shape index (κ1) is 96.5.